The van der Waals surface area contributed by atoms with E-state index in [4.69, 9.17) is 25.5 Å². The molecule has 1 aromatic heterocycles. The number of alkyl carbamates (subject to hydrolysis) is 1. The zero-order valence-corrected chi connectivity index (χ0v) is 32.8. The molecule has 7 nitrogen and oxygen atoms in total. The van der Waals surface area contributed by atoms with Crippen LogP contribution in [0.4, 0.5) is 4.79 Å². The van der Waals surface area contributed by atoms with Gasteiger partial charge in [0.2, 0.25) is 0 Å². The first kappa shape index (κ1) is 38.0. The number of halogens is 1. The van der Waals surface area contributed by atoms with Crippen molar-refractivity contribution in [2.75, 3.05) is 19.8 Å². The van der Waals surface area contributed by atoms with Gasteiger partial charge in [-0.05, 0) is 98.4 Å². The van der Waals surface area contributed by atoms with E-state index in [2.05, 4.69) is 92.6 Å². The molecule has 0 fully saturated rings. The third-order valence-electron chi connectivity index (χ3n) is 8.58. The lowest BCUT2D eigenvalue weighted by atomic mass is 9.88. The highest BCUT2D eigenvalue weighted by molar-refractivity contribution is 6.76. The van der Waals surface area contributed by atoms with Crippen LogP contribution in [0, 0.1) is 6.92 Å². The van der Waals surface area contributed by atoms with Gasteiger partial charge in [-0.15, -0.1) is 0 Å². The van der Waals surface area contributed by atoms with Gasteiger partial charge < -0.3 is 23.8 Å². The van der Waals surface area contributed by atoms with E-state index in [1.165, 1.54) is 0 Å². The Balaban J connectivity index is 2.12. The maximum Gasteiger partial charge on any atom is 0.407 e. The van der Waals surface area contributed by atoms with Crippen molar-refractivity contribution in [1.82, 2.24) is 9.88 Å². The van der Waals surface area contributed by atoms with Crippen molar-refractivity contribution in [2.24, 2.45) is 0 Å². The second kappa shape index (κ2) is 14.8. The van der Waals surface area contributed by atoms with Crippen molar-refractivity contribution >= 4 is 45.0 Å². The topological polar surface area (TPSA) is 78.8 Å². The quantitative estimate of drug-likeness (QED) is 0.192. The Morgan fingerprint density at radius 3 is 2.17 bits per heavy atom. The summed E-state index contributed by atoms with van der Waals surface area (Å²) in [6.07, 6.45) is -0.826. The molecule has 0 bridgehead atoms. The summed E-state index contributed by atoms with van der Waals surface area (Å²) in [4.78, 5) is 25.7. The molecule has 3 rings (SSSR count). The second-order valence-electron chi connectivity index (χ2n) is 15.9. The fourth-order valence-corrected chi connectivity index (χ4v) is 6.88. The Morgan fingerprint density at radius 2 is 1.61 bits per heavy atom. The lowest BCUT2D eigenvalue weighted by Gasteiger charge is -2.39. The molecule has 0 radical (unpaired) electrons. The lowest BCUT2D eigenvalue weighted by Crippen LogP contribution is -2.42. The minimum absolute atomic E-state index is 0.0432. The predicted octanol–water partition coefficient (Wildman–Crippen LogP) is 9.57. The molecule has 0 aliphatic heterocycles. The third-order valence-corrected chi connectivity index (χ3v) is 15.0. The van der Waals surface area contributed by atoms with Crippen molar-refractivity contribution < 1.29 is 18.7 Å². The molecule has 0 aliphatic carbocycles. The number of fused-ring (bicyclic) bond motifs is 1. The molecule has 46 heavy (non-hydrogen) atoms. The van der Waals surface area contributed by atoms with Crippen LogP contribution in [0.5, 0.6) is 0 Å². The number of benzene rings is 2. The molecule has 1 N–H and O–H groups in total. The van der Waals surface area contributed by atoms with Crippen LogP contribution in [-0.4, -0.2) is 52.4 Å². The molecule has 10 heteroatoms. The number of aromatic nitrogens is 1. The summed E-state index contributed by atoms with van der Waals surface area (Å²) >= 11 is 6.33. The molecule has 2 aromatic carbocycles. The normalized spacial score (nSPS) is 13.6. The molecule has 0 saturated heterocycles. The molecule has 3 aromatic rings. The van der Waals surface area contributed by atoms with Crippen LogP contribution in [0.2, 0.25) is 48.8 Å². The largest absolute Gasteiger partial charge is 0.450 e. The number of nitrogens with zero attached hydrogens (tertiary/aromatic N) is 1. The number of rotatable bonds is 12. The molecule has 0 saturated carbocycles. The number of aryl methyl sites for hydroxylation is 1. The van der Waals surface area contributed by atoms with Gasteiger partial charge in [0.15, 0.2) is 8.32 Å². The standard InChI is InChI=1S/C36H55ClN2O5Si2/c1-25-23-29-28(17-18-31(40)39(29)20-19-38-34(41)42-21-22-45(8,9)10)33(26-13-15-27(37)16-14-26)32(25)30(44-35(2,3)4)24-43-46(11,12)36(5,6)7/h13-18,23,30H,19-22,24H2,1-12H3,(H,38,41). The predicted molar refractivity (Wildman–Crippen MR) is 198 cm³/mol. The Bertz CT molecular complexity index is 1570. The molecular formula is C36H55ClN2O5Si2. The Kier molecular flexibility index (Phi) is 12.2. The van der Waals surface area contributed by atoms with E-state index in [-0.39, 0.29) is 23.2 Å². The van der Waals surface area contributed by atoms with E-state index in [0.717, 1.165) is 39.2 Å². The zero-order chi connectivity index (χ0) is 34.7. The van der Waals surface area contributed by atoms with Crippen LogP contribution >= 0.6 is 11.6 Å². The van der Waals surface area contributed by atoms with E-state index in [1.54, 1.807) is 10.6 Å². The van der Waals surface area contributed by atoms with E-state index < -0.39 is 28.1 Å². The first-order valence-corrected chi connectivity index (χ1v) is 23.2. The van der Waals surface area contributed by atoms with Crippen molar-refractivity contribution in [3.8, 4) is 11.1 Å². The van der Waals surface area contributed by atoms with Gasteiger partial charge >= 0.3 is 6.09 Å². The SMILES string of the molecule is Cc1cc2c(ccc(=O)n2CCNC(=O)OCC[Si](C)(C)C)c(-c2ccc(Cl)cc2)c1C(CO[Si](C)(C)C(C)(C)C)OC(C)(C)C. The maximum atomic E-state index is 13.3. The fraction of sp³-hybridized carbons (Fsp3) is 0.556. The molecule has 0 spiro atoms. The summed E-state index contributed by atoms with van der Waals surface area (Å²) in [6, 6.07) is 14.2. The summed E-state index contributed by atoms with van der Waals surface area (Å²) in [7, 11) is -3.41. The summed E-state index contributed by atoms with van der Waals surface area (Å²) in [5, 5.41) is 4.42. The lowest BCUT2D eigenvalue weighted by molar-refractivity contribution is -0.0799. The van der Waals surface area contributed by atoms with Crippen molar-refractivity contribution in [2.45, 2.75) is 111 Å². The van der Waals surface area contributed by atoms with Crippen LogP contribution in [-0.2, 0) is 20.4 Å². The summed E-state index contributed by atoms with van der Waals surface area (Å²) in [6.45, 7) is 27.6. The fourth-order valence-electron chi connectivity index (χ4n) is 5.03. The number of carbonyl (C=O) groups excluding carboxylic acids is 1. The first-order valence-electron chi connectivity index (χ1n) is 16.2. The first-order chi connectivity index (χ1) is 21.1. The number of amides is 1. The highest BCUT2D eigenvalue weighted by Gasteiger charge is 2.39. The molecule has 1 amide bonds. The van der Waals surface area contributed by atoms with Crippen LogP contribution in [0.25, 0.3) is 22.0 Å². The van der Waals surface area contributed by atoms with Crippen LogP contribution < -0.4 is 10.9 Å². The van der Waals surface area contributed by atoms with Gasteiger partial charge in [-0.2, -0.15) is 0 Å². The minimum Gasteiger partial charge on any atom is -0.450 e. The zero-order valence-electron chi connectivity index (χ0n) is 30.0. The number of nitrogens with one attached hydrogen (secondary N) is 1. The minimum atomic E-state index is -2.10. The number of ether oxygens (including phenoxy) is 2. The summed E-state index contributed by atoms with van der Waals surface area (Å²) in [5.74, 6) is 0. The van der Waals surface area contributed by atoms with Gasteiger partial charge in [-0.1, -0.05) is 64.1 Å². The van der Waals surface area contributed by atoms with Crippen LogP contribution in [0.3, 0.4) is 0 Å². The molecular weight excluding hydrogens is 632 g/mol. The highest BCUT2D eigenvalue weighted by atomic mass is 35.5. The third kappa shape index (κ3) is 10.3. The monoisotopic (exact) mass is 686 g/mol. The van der Waals surface area contributed by atoms with Gasteiger partial charge in [0.05, 0.1) is 24.3 Å². The Labute approximate surface area is 283 Å². The summed E-state index contributed by atoms with van der Waals surface area (Å²) < 4.78 is 20.7. The van der Waals surface area contributed by atoms with Gasteiger partial charge in [-0.25, -0.2) is 4.79 Å². The van der Waals surface area contributed by atoms with E-state index in [0.29, 0.717) is 24.8 Å². The van der Waals surface area contributed by atoms with Gasteiger partial charge in [0.1, 0.15) is 6.10 Å². The molecule has 1 heterocycles. The molecule has 1 atom stereocenters. The Hall–Kier alpha value is -2.44. The van der Waals surface area contributed by atoms with E-state index in [9.17, 15) is 9.59 Å². The van der Waals surface area contributed by atoms with E-state index >= 15 is 0 Å². The van der Waals surface area contributed by atoms with Crippen molar-refractivity contribution in [1.29, 1.82) is 0 Å². The summed E-state index contributed by atoms with van der Waals surface area (Å²) in [5.41, 5.74) is 4.17. The van der Waals surface area contributed by atoms with Gasteiger partial charge in [0, 0.05) is 37.6 Å². The highest BCUT2D eigenvalue weighted by Crippen LogP contribution is 2.42. The Morgan fingerprint density at radius 1 is 0.978 bits per heavy atom. The van der Waals surface area contributed by atoms with Crippen molar-refractivity contribution in [3.63, 3.8) is 0 Å². The van der Waals surface area contributed by atoms with Gasteiger partial charge in [-0.3, -0.25) is 4.79 Å². The maximum absolute atomic E-state index is 13.3. The number of hydrogen-bond acceptors (Lipinski definition) is 5. The number of carbonyl (C=O) groups is 1. The van der Waals surface area contributed by atoms with E-state index in [1.807, 2.05) is 30.3 Å². The van der Waals surface area contributed by atoms with Crippen LogP contribution in [0.15, 0.2) is 47.3 Å². The average molecular weight is 687 g/mol. The number of pyridine rings is 1. The smallest absolute Gasteiger partial charge is 0.407 e. The molecule has 1 unspecified atom stereocenters. The number of hydrogen-bond donors (Lipinski definition) is 1. The average Bonchev–Trinajstić information content (AvgIpc) is 2.90. The molecule has 0 aliphatic rings. The van der Waals surface area contributed by atoms with Crippen LogP contribution in [0.1, 0.15) is 58.8 Å². The van der Waals surface area contributed by atoms with Crippen molar-refractivity contribution in [3.05, 3.63) is 69.0 Å². The van der Waals surface area contributed by atoms with Gasteiger partial charge in [0.25, 0.3) is 5.56 Å². The molecule has 254 valence electrons. The second-order valence-corrected chi connectivity index (χ2v) is 26.8.